The summed E-state index contributed by atoms with van der Waals surface area (Å²) >= 11 is 0. The molecule has 4 aromatic rings. The summed E-state index contributed by atoms with van der Waals surface area (Å²) in [5.74, 6) is 0.0299. The molecule has 0 unspecified atom stereocenters. The second-order valence-corrected chi connectivity index (χ2v) is 6.83. The van der Waals surface area contributed by atoms with E-state index in [9.17, 15) is 5.11 Å². The molecule has 4 rings (SSSR count). The van der Waals surface area contributed by atoms with Gasteiger partial charge in [0.15, 0.2) is 5.69 Å². The quantitative estimate of drug-likeness (QED) is 0.412. The van der Waals surface area contributed by atoms with Crippen LogP contribution in [-0.2, 0) is 19.8 Å². The molecule has 0 aliphatic rings. The van der Waals surface area contributed by atoms with E-state index in [1.807, 2.05) is 65.2 Å². The lowest BCUT2D eigenvalue weighted by Crippen LogP contribution is -2.25. The summed E-state index contributed by atoms with van der Waals surface area (Å²) in [4.78, 5) is 2.27. The number of aromatic hydroxyl groups is 1. The van der Waals surface area contributed by atoms with Gasteiger partial charge in [-0.2, -0.15) is 5.11 Å². The number of nitrogens with one attached hydrogen (secondary N) is 1. The molecule has 0 bridgehead atoms. The summed E-state index contributed by atoms with van der Waals surface area (Å²) < 4.78 is 1.83. The number of rotatable bonds is 7. The van der Waals surface area contributed by atoms with Crippen LogP contribution >= 0.6 is 0 Å². The SMILES string of the molecule is N=Nc1c(O)n(CN(Cc2ccccc2)Cc2ccccc2)c2ccccc12. The number of hydrogen-bond donors (Lipinski definition) is 2. The molecule has 0 saturated heterocycles. The van der Waals surface area contributed by atoms with Gasteiger partial charge in [0.05, 0.1) is 12.2 Å². The van der Waals surface area contributed by atoms with Gasteiger partial charge in [-0.3, -0.25) is 9.47 Å². The van der Waals surface area contributed by atoms with Crippen molar-refractivity contribution in [2.24, 2.45) is 5.11 Å². The van der Waals surface area contributed by atoms with E-state index in [0.29, 0.717) is 12.4 Å². The van der Waals surface area contributed by atoms with E-state index in [2.05, 4.69) is 34.3 Å². The highest BCUT2D eigenvalue weighted by Gasteiger charge is 2.18. The first-order chi connectivity index (χ1) is 13.8. The fourth-order valence-corrected chi connectivity index (χ4v) is 3.56. The molecule has 2 N–H and O–H groups in total. The summed E-state index contributed by atoms with van der Waals surface area (Å²) in [5.41, 5.74) is 11.1. The average Bonchev–Trinajstić information content (AvgIpc) is 3.00. The van der Waals surface area contributed by atoms with Gasteiger partial charge in [-0.1, -0.05) is 78.9 Å². The highest BCUT2D eigenvalue weighted by Crippen LogP contribution is 2.38. The first-order valence-corrected chi connectivity index (χ1v) is 9.24. The van der Waals surface area contributed by atoms with E-state index in [-0.39, 0.29) is 5.88 Å². The number of para-hydroxylation sites is 1. The van der Waals surface area contributed by atoms with E-state index in [4.69, 9.17) is 5.53 Å². The Balaban J connectivity index is 1.70. The van der Waals surface area contributed by atoms with Crippen LogP contribution in [0.15, 0.2) is 90.0 Å². The summed E-state index contributed by atoms with van der Waals surface area (Å²) in [5, 5.41) is 15.1. The fourth-order valence-electron chi connectivity index (χ4n) is 3.56. The van der Waals surface area contributed by atoms with Crippen molar-refractivity contribution in [3.05, 3.63) is 96.1 Å². The Kier molecular flexibility index (Phi) is 5.17. The fraction of sp³-hybridized carbons (Fsp3) is 0.130. The van der Waals surface area contributed by atoms with Gasteiger partial charge in [-0.15, -0.1) is 0 Å². The normalized spacial score (nSPS) is 11.2. The number of fused-ring (bicyclic) bond motifs is 1. The summed E-state index contributed by atoms with van der Waals surface area (Å²) in [6, 6.07) is 28.3. The molecule has 5 nitrogen and oxygen atoms in total. The molecule has 140 valence electrons. The molecule has 0 radical (unpaired) electrons. The lowest BCUT2D eigenvalue weighted by Gasteiger charge is -2.24. The van der Waals surface area contributed by atoms with Gasteiger partial charge < -0.3 is 5.11 Å². The molecule has 0 fully saturated rings. The van der Waals surface area contributed by atoms with E-state index in [1.54, 1.807) is 0 Å². The van der Waals surface area contributed by atoms with E-state index in [0.717, 1.165) is 24.0 Å². The zero-order chi connectivity index (χ0) is 19.3. The highest BCUT2D eigenvalue weighted by atomic mass is 16.3. The molecular weight excluding hydrogens is 348 g/mol. The Hall–Kier alpha value is -3.44. The summed E-state index contributed by atoms with van der Waals surface area (Å²) in [7, 11) is 0. The smallest absolute Gasteiger partial charge is 0.221 e. The van der Waals surface area contributed by atoms with Crippen LogP contribution in [0.3, 0.4) is 0 Å². The molecule has 0 aliphatic heterocycles. The van der Waals surface area contributed by atoms with E-state index >= 15 is 0 Å². The van der Waals surface area contributed by atoms with E-state index < -0.39 is 0 Å². The van der Waals surface area contributed by atoms with Crippen molar-refractivity contribution >= 4 is 16.6 Å². The third-order valence-electron chi connectivity index (χ3n) is 4.87. The van der Waals surface area contributed by atoms with Crippen LogP contribution in [0.2, 0.25) is 0 Å². The van der Waals surface area contributed by atoms with Crippen LogP contribution in [0.25, 0.3) is 10.9 Å². The van der Waals surface area contributed by atoms with Crippen molar-refractivity contribution in [1.29, 1.82) is 5.53 Å². The summed E-state index contributed by atoms with van der Waals surface area (Å²) in [6.07, 6.45) is 0. The second-order valence-electron chi connectivity index (χ2n) is 6.83. The van der Waals surface area contributed by atoms with Crippen molar-refractivity contribution < 1.29 is 5.11 Å². The number of benzene rings is 3. The Labute approximate surface area is 164 Å². The second kappa shape index (κ2) is 8.06. The van der Waals surface area contributed by atoms with Crippen molar-refractivity contribution in [1.82, 2.24) is 9.47 Å². The average molecular weight is 370 g/mol. The molecular formula is C23H22N4O. The zero-order valence-electron chi connectivity index (χ0n) is 15.5. The highest BCUT2D eigenvalue weighted by molar-refractivity contribution is 5.94. The van der Waals surface area contributed by atoms with Crippen LogP contribution in [0, 0.1) is 5.53 Å². The van der Waals surface area contributed by atoms with Crippen molar-refractivity contribution in [3.8, 4) is 5.88 Å². The van der Waals surface area contributed by atoms with Gasteiger partial charge in [0.2, 0.25) is 5.88 Å². The van der Waals surface area contributed by atoms with Gasteiger partial charge in [-0.05, 0) is 17.2 Å². The minimum atomic E-state index is 0.0299. The first kappa shape index (κ1) is 17.9. The summed E-state index contributed by atoms with van der Waals surface area (Å²) in [6.45, 7) is 1.98. The Morgan fingerprint density at radius 3 is 1.89 bits per heavy atom. The number of hydrogen-bond acceptors (Lipinski definition) is 4. The van der Waals surface area contributed by atoms with Gasteiger partial charge in [-0.25, -0.2) is 5.53 Å². The predicted molar refractivity (Wildman–Crippen MR) is 111 cm³/mol. The Morgan fingerprint density at radius 1 is 0.786 bits per heavy atom. The maximum Gasteiger partial charge on any atom is 0.221 e. The molecule has 5 heteroatoms. The van der Waals surface area contributed by atoms with Crippen LogP contribution in [0.1, 0.15) is 11.1 Å². The zero-order valence-corrected chi connectivity index (χ0v) is 15.5. The van der Waals surface area contributed by atoms with Crippen LogP contribution in [0.5, 0.6) is 5.88 Å². The monoisotopic (exact) mass is 370 g/mol. The minimum absolute atomic E-state index is 0.0299. The topological polar surface area (TPSA) is 64.6 Å². The maximum absolute atomic E-state index is 10.7. The molecule has 0 saturated carbocycles. The third kappa shape index (κ3) is 3.66. The Bertz CT molecular complexity index is 1030. The van der Waals surface area contributed by atoms with Crippen molar-refractivity contribution in [2.45, 2.75) is 19.8 Å². The standard InChI is InChI=1S/C23H22N4O/c24-25-22-20-13-7-8-14-21(20)27(23(22)28)17-26(15-18-9-3-1-4-10-18)16-19-11-5-2-6-12-19/h1-14,24,28H,15-17H2. The lowest BCUT2D eigenvalue weighted by molar-refractivity contribution is 0.194. The lowest BCUT2D eigenvalue weighted by atomic mass is 10.2. The predicted octanol–water partition coefficient (Wildman–Crippen LogP) is 5.67. The van der Waals surface area contributed by atoms with Crippen LogP contribution in [-0.4, -0.2) is 14.6 Å². The first-order valence-electron chi connectivity index (χ1n) is 9.24. The molecule has 3 aromatic carbocycles. The largest absolute Gasteiger partial charge is 0.493 e. The van der Waals surface area contributed by atoms with E-state index in [1.165, 1.54) is 11.1 Å². The van der Waals surface area contributed by atoms with Crippen LogP contribution in [0.4, 0.5) is 5.69 Å². The van der Waals surface area contributed by atoms with Crippen molar-refractivity contribution in [3.63, 3.8) is 0 Å². The maximum atomic E-state index is 10.7. The van der Waals surface area contributed by atoms with Crippen molar-refractivity contribution in [2.75, 3.05) is 0 Å². The van der Waals surface area contributed by atoms with Gasteiger partial charge in [0, 0.05) is 18.5 Å². The minimum Gasteiger partial charge on any atom is -0.493 e. The molecule has 0 amide bonds. The molecule has 1 aromatic heterocycles. The van der Waals surface area contributed by atoms with Crippen LogP contribution < -0.4 is 0 Å². The molecule has 1 heterocycles. The molecule has 28 heavy (non-hydrogen) atoms. The number of aromatic nitrogens is 1. The third-order valence-corrected chi connectivity index (χ3v) is 4.87. The van der Waals surface area contributed by atoms with Gasteiger partial charge >= 0.3 is 0 Å². The molecule has 0 aliphatic carbocycles. The molecule has 0 spiro atoms. The molecule has 0 atom stereocenters. The van der Waals surface area contributed by atoms with Gasteiger partial charge in [0.25, 0.3) is 0 Å². The van der Waals surface area contributed by atoms with Gasteiger partial charge in [0.1, 0.15) is 0 Å². The number of nitrogens with zero attached hydrogens (tertiary/aromatic N) is 3. The Morgan fingerprint density at radius 2 is 1.32 bits per heavy atom.